The highest BCUT2D eigenvalue weighted by Crippen LogP contribution is 2.56. The molecule has 5 heteroatoms. The van der Waals surface area contributed by atoms with Gasteiger partial charge >= 0.3 is 5.97 Å². The summed E-state index contributed by atoms with van der Waals surface area (Å²) < 4.78 is 18.2. The van der Waals surface area contributed by atoms with Crippen molar-refractivity contribution in [3.63, 3.8) is 0 Å². The monoisotopic (exact) mass is 264 g/mol. The van der Waals surface area contributed by atoms with Crippen LogP contribution in [0.15, 0.2) is 24.3 Å². The maximum absolute atomic E-state index is 12.7. The summed E-state index contributed by atoms with van der Waals surface area (Å²) in [6, 6.07) is 5.89. The molecule has 0 bridgehead atoms. The van der Waals surface area contributed by atoms with Crippen LogP contribution in [0.5, 0.6) is 0 Å². The van der Waals surface area contributed by atoms with Gasteiger partial charge in [-0.2, -0.15) is 0 Å². The van der Waals surface area contributed by atoms with Crippen molar-refractivity contribution in [2.75, 3.05) is 0 Å². The summed E-state index contributed by atoms with van der Waals surface area (Å²) in [4.78, 5) is 22.7. The fourth-order valence-corrected chi connectivity index (χ4v) is 2.90. The molecule has 100 valence electrons. The average Bonchev–Trinajstić information content (AvgIpc) is 3.01. The Morgan fingerprint density at radius 1 is 1.37 bits per heavy atom. The summed E-state index contributed by atoms with van der Waals surface area (Å²) in [5, 5.41) is 8.87. The van der Waals surface area contributed by atoms with Crippen LogP contribution in [0.1, 0.15) is 12.0 Å². The first-order valence-corrected chi connectivity index (χ1v) is 6.20. The number of Topliss-reactive ketones (excluding diaryl/α,β-unsaturated/α-hetero) is 1. The second kappa shape index (κ2) is 4.42. The van der Waals surface area contributed by atoms with E-state index in [1.54, 1.807) is 12.1 Å². The van der Waals surface area contributed by atoms with E-state index in [9.17, 15) is 14.0 Å². The second-order valence-electron chi connectivity index (χ2n) is 5.12. The van der Waals surface area contributed by atoms with E-state index in [0.29, 0.717) is 6.42 Å². The van der Waals surface area contributed by atoms with Crippen molar-refractivity contribution in [3.8, 4) is 0 Å². The molecular weight excluding hydrogens is 251 g/mol. The van der Waals surface area contributed by atoms with Crippen LogP contribution in [0.25, 0.3) is 0 Å². The van der Waals surface area contributed by atoms with E-state index in [4.69, 9.17) is 9.84 Å². The number of fused-ring (bicyclic) bond motifs is 1. The molecule has 2 saturated carbocycles. The number of carboxylic acid groups (broad SMARTS) is 1. The minimum absolute atomic E-state index is 0.0526. The van der Waals surface area contributed by atoms with Gasteiger partial charge in [0, 0.05) is 5.92 Å². The zero-order valence-electron chi connectivity index (χ0n) is 10.1. The van der Waals surface area contributed by atoms with Gasteiger partial charge in [0.05, 0.1) is 12.5 Å². The maximum Gasteiger partial charge on any atom is 0.307 e. The summed E-state index contributed by atoms with van der Waals surface area (Å²) in [6.45, 7) is 0.244. The third-order valence-corrected chi connectivity index (χ3v) is 3.95. The molecule has 19 heavy (non-hydrogen) atoms. The number of halogens is 1. The Morgan fingerprint density at radius 2 is 2.05 bits per heavy atom. The predicted molar refractivity (Wildman–Crippen MR) is 62.7 cm³/mol. The first kappa shape index (κ1) is 12.3. The fourth-order valence-electron chi connectivity index (χ4n) is 2.90. The van der Waals surface area contributed by atoms with Crippen LogP contribution >= 0.6 is 0 Å². The zero-order chi connectivity index (χ0) is 13.6. The van der Waals surface area contributed by atoms with Gasteiger partial charge in [0.25, 0.3) is 0 Å². The van der Waals surface area contributed by atoms with Gasteiger partial charge in [-0.15, -0.1) is 0 Å². The lowest BCUT2D eigenvalue weighted by Crippen LogP contribution is -2.24. The average molecular weight is 264 g/mol. The van der Waals surface area contributed by atoms with Crippen molar-refractivity contribution >= 4 is 11.8 Å². The largest absolute Gasteiger partial charge is 0.481 e. The molecule has 3 rings (SSSR count). The van der Waals surface area contributed by atoms with Gasteiger partial charge in [-0.25, -0.2) is 4.39 Å². The molecule has 0 aromatic heterocycles. The van der Waals surface area contributed by atoms with E-state index in [2.05, 4.69) is 0 Å². The first-order chi connectivity index (χ1) is 9.08. The number of aliphatic carboxylic acids is 1. The second-order valence-corrected chi connectivity index (χ2v) is 5.12. The van der Waals surface area contributed by atoms with Gasteiger partial charge in [0.2, 0.25) is 0 Å². The highest BCUT2D eigenvalue weighted by Gasteiger charge is 2.65. The van der Waals surface area contributed by atoms with E-state index < -0.39 is 18.0 Å². The van der Waals surface area contributed by atoms with E-state index in [1.807, 2.05) is 0 Å². The molecule has 0 unspecified atom stereocenters. The molecule has 2 aliphatic rings. The Morgan fingerprint density at radius 3 is 2.58 bits per heavy atom. The molecule has 0 saturated heterocycles. The topological polar surface area (TPSA) is 63.6 Å². The molecule has 1 N–H and O–H groups in total. The van der Waals surface area contributed by atoms with E-state index >= 15 is 0 Å². The van der Waals surface area contributed by atoms with Gasteiger partial charge in [-0.3, -0.25) is 9.59 Å². The van der Waals surface area contributed by atoms with Gasteiger partial charge in [0.1, 0.15) is 11.9 Å². The van der Waals surface area contributed by atoms with Crippen LogP contribution in [0.3, 0.4) is 0 Å². The molecule has 2 fully saturated rings. The number of carbonyl (C=O) groups excluding carboxylic acids is 1. The number of benzene rings is 1. The van der Waals surface area contributed by atoms with Crippen molar-refractivity contribution in [3.05, 3.63) is 35.6 Å². The van der Waals surface area contributed by atoms with Crippen LogP contribution in [0.4, 0.5) is 4.39 Å². The molecule has 2 aliphatic carbocycles. The predicted octanol–water partition coefficient (Wildman–Crippen LogP) is 1.63. The van der Waals surface area contributed by atoms with Gasteiger partial charge in [-0.1, -0.05) is 12.1 Å². The Labute approximate surface area is 109 Å². The van der Waals surface area contributed by atoms with Crippen molar-refractivity contribution < 1.29 is 23.8 Å². The van der Waals surface area contributed by atoms with Crippen molar-refractivity contribution in [1.29, 1.82) is 0 Å². The number of ketones is 1. The number of hydrogen-bond donors (Lipinski definition) is 1. The van der Waals surface area contributed by atoms with E-state index in [0.717, 1.165) is 5.56 Å². The summed E-state index contributed by atoms with van der Waals surface area (Å²) in [5.41, 5.74) is 0.796. The minimum atomic E-state index is -0.889. The van der Waals surface area contributed by atoms with E-state index in [-0.39, 0.29) is 30.0 Å². The molecular formula is C14H13FO4. The number of carbonyl (C=O) groups is 2. The van der Waals surface area contributed by atoms with Crippen molar-refractivity contribution in [2.45, 2.75) is 19.1 Å². The molecule has 1 aromatic carbocycles. The molecule has 0 spiro atoms. The van der Waals surface area contributed by atoms with Gasteiger partial charge < -0.3 is 9.84 Å². The van der Waals surface area contributed by atoms with Crippen molar-refractivity contribution in [1.82, 2.24) is 0 Å². The zero-order valence-corrected chi connectivity index (χ0v) is 10.1. The SMILES string of the molecule is O=C(O)[C@H]1[C@@H]2C[C@@H](OCc3ccc(F)cc3)C(=O)[C@@H]21. The minimum Gasteiger partial charge on any atom is -0.481 e. The normalized spacial score (nSPS) is 32.2. The number of ether oxygens (including phenoxy) is 1. The summed E-state index contributed by atoms with van der Waals surface area (Å²) in [6.07, 6.45) is -0.0163. The maximum atomic E-state index is 12.7. The van der Waals surface area contributed by atoms with Crippen LogP contribution in [0, 0.1) is 23.6 Å². The van der Waals surface area contributed by atoms with E-state index in [1.165, 1.54) is 12.1 Å². The van der Waals surface area contributed by atoms with Crippen LogP contribution in [0.2, 0.25) is 0 Å². The Bertz CT molecular complexity index is 525. The quantitative estimate of drug-likeness (QED) is 0.897. The third kappa shape index (κ3) is 2.14. The standard InChI is InChI=1S/C14H13FO4/c15-8-3-1-7(2-4-8)6-19-10-5-9-11(13(10)16)12(9)14(17)18/h1-4,9-12H,5-6H2,(H,17,18)/t9-,10-,11+,12+/m1/s1. The molecule has 0 aliphatic heterocycles. The number of hydrogen-bond acceptors (Lipinski definition) is 3. The Balaban J connectivity index is 1.55. The lowest BCUT2D eigenvalue weighted by molar-refractivity contribution is -0.142. The van der Waals surface area contributed by atoms with Crippen LogP contribution in [-0.4, -0.2) is 23.0 Å². The van der Waals surface area contributed by atoms with Crippen molar-refractivity contribution in [2.24, 2.45) is 17.8 Å². The lowest BCUT2D eigenvalue weighted by atomic mass is 10.1. The molecule has 4 atom stereocenters. The molecule has 1 aromatic rings. The number of carboxylic acids is 1. The fraction of sp³-hybridized carbons (Fsp3) is 0.429. The molecule has 0 amide bonds. The summed E-state index contributed by atoms with van der Waals surface area (Å²) >= 11 is 0. The van der Waals surface area contributed by atoms with Crippen LogP contribution < -0.4 is 0 Å². The molecule has 0 heterocycles. The van der Waals surface area contributed by atoms with Gasteiger partial charge in [0.15, 0.2) is 5.78 Å². The summed E-state index contributed by atoms with van der Waals surface area (Å²) in [7, 11) is 0. The Kier molecular flexibility index (Phi) is 2.86. The van der Waals surface area contributed by atoms with Gasteiger partial charge in [-0.05, 0) is 30.0 Å². The number of rotatable bonds is 4. The first-order valence-electron chi connectivity index (χ1n) is 6.20. The highest BCUT2D eigenvalue weighted by molar-refractivity contribution is 5.97. The Hall–Kier alpha value is -1.75. The smallest absolute Gasteiger partial charge is 0.307 e. The van der Waals surface area contributed by atoms with Crippen LogP contribution in [-0.2, 0) is 20.9 Å². The molecule has 4 nitrogen and oxygen atoms in total. The highest BCUT2D eigenvalue weighted by atomic mass is 19.1. The third-order valence-electron chi connectivity index (χ3n) is 3.95. The summed E-state index contributed by atoms with van der Waals surface area (Å²) in [5.74, 6) is -2.21. The lowest BCUT2D eigenvalue weighted by Gasteiger charge is -2.13. The molecule has 0 radical (unpaired) electrons.